The Kier molecular flexibility index (Phi) is 7.07. The van der Waals surface area contributed by atoms with Crippen LogP contribution in [-0.4, -0.2) is 34.1 Å². The van der Waals surface area contributed by atoms with Gasteiger partial charge in [-0.15, -0.1) is 11.6 Å². The first kappa shape index (κ1) is 17.2. The smallest absolute Gasteiger partial charge is 0.242 e. The van der Waals surface area contributed by atoms with Crippen molar-refractivity contribution in [3.8, 4) is 0 Å². The molecule has 8 heteroatoms. The Balaban J connectivity index is 2.66. The summed E-state index contributed by atoms with van der Waals surface area (Å²) in [7, 11) is -2.08. The Morgan fingerprint density at radius 1 is 1.47 bits per heavy atom. The molecule has 0 saturated carbocycles. The summed E-state index contributed by atoms with van der Waals surface area (Å²) < 4.78 is 32.1. The number of rotatable bonds is 7. The van der Waals surface area contributed by atoms with Crippen molar-refractivity contribution < 1.29 is 13.2 Å². The van der Waals surface area contributed by atoms with Gasteiger partial charge in [0.25, 0.3) is 0 Å². The summed E-state index contributed by atoms with van der Waals surface area (Å²) in [5.41, 5.74) is 0. The third-order valence-electron chi connectivity index (χ3n) is 2.28. The van der Waals surface area contributed by atoms with Crippen molar-refractivity contribution in [1.29, 1.82) is 0 Å². The minimum absolute atomic E-state index is 0.0511. The van der Waals surface area contributed by atoms with Gasteiger partial charge in [0, 0.05) is 18.1 Å². The first-order chi connectivity index (χ1) is 8.86. The van der Waals surface area contributed by atoms with Gasteiger partial charge < -0.3 is 4.74 Å². The molecule has 1 aromatic carbocycles. The number of ether oxygens (including phenoxy) is 1. The molecule has 0 saturated heterocycles. The molecular weight excluding hydrogens is 377 g/mol. The van der Waals surface area contributed by atoms with Gasteiger partial charge in [0.15, 0.2) is 0 Å². The number of methoxy groups -OCH3 is 1. The predicted molar refractivity (Wildman–Crippen MR) is 80.5 cm³/mol. The lowest BCUT2D eigenvalue weighted by molar-refractivity contribution is 0.196. The molecule has 4 nitrogen and oxygen atoms in total. The lowest BCUT2D eigenvalue weighted by atomic mass is 10.3. The van der Waals surface area contributed by atoms with Crippen molar-refractivity contribution in [3.05, 3.63) is 27.7 Å². The van der Waals surface area contributed by atoms with Crippen LogP contribution in [0, 0.1) is 0 Å². The summed E-state index contributed by atoms with van der Waals surface area (Å²) in [5, 5.41) is -0.0609. The molecular formula is C11H14BrCl2NO3S. The quantitative estimate of drug-likeness (QED) is 0.728. The van der Waals surface area contributed by atoms with Crippen LogP contribution >= 0.6 is 39.1 Å². The second-order valence-electron chi connectivity index (χ2n) is 3.81. The molecule has 1 atom stereocenters. The van der Waals surface area contributed by atoms with E-state index in [0.717, 1.165) is 4.47 Å². The topological polar surface area (TPSA) is 55.4 Å². The molecule has 0 spiro atoms. The molecule has 0 aliphatic carbocycles. The van der Waals surface area contributed by atoms with E-state index in [-0.39, 0.29) is 21.8 Å². The van der Waals surface area contributed by atoms with Crippen LogP contribution in [0.5, 0.6) is 0 Å². The third-order valence-corrected chi connectivity index (χ3v) is 5.06. The van der Waals surface area contributed by atoms with Crippen molar-refractivity contribution in [1.82, 2.24) is 4.72 Å². The normalized spacial score (nSPS) is 13.5. The minimum atomic E-state index is -3.62. The summed E-state index contributed by atoms with van der Waals surface area (Å²) in [5.74, 6) is 0. The van der Waals surface area contributed by atoms with Gasteiger partial charge in [0.1, 0.15) is 4.90 Å². The Morgan fingerprint density at radius 2 is 2.16 bits per heavy atom. The molecule has 0 aliphatic heterocycles. The highest BCUT2D eigenvalue weighted by atomic mass is 79.9. The van der Waals surface area contributed by atoms with Crippen LogP contribution in [0.25, 0.3) is 0 Å². The molecule has 1 rings (SSSR count). The molecule has 0 radical (unpaired) electrons. The SMILES string of the molecule is COCC(Cl)CCNS(=O)(=O)c1ccc(Br)cc1Cl. The highest BCUT2D eigenvalue weighted by Crippen LogP contribution is 2.25. The van der Waals surface area contributed by atoms with Crippen molar-refractivity contribution in [2.45, 2.75) is 16.7 Å². The Morgan fingerprint density at radius 3 is 2.74 bits per heavy atom. The van der Waals surface area contributed by atoms with Crippen molar-refractivity contribution in [2.75, 3.05) is 20.3 Å². The lowest BCUT2D eigenvalue weighted by Gasteiger charge is -2.11. The Labute approximate surface area is 131 Å². The fourth-order valence-corrected chi connectivity index (χ4v) is 3.70. The van der Waals surface area contributed by atoms with Crippen LogP contribution in [0.15, 0.2) is 27.6 Å². The zero-order chi connectivity index (χ0) is 14.5. The van der Waals surface area contributed by atoms with E-state index in [2.05, 4.69) is 20.7 Å². The number of halogens is 3. The van der Waals surface area contributed by atoms with E-state index in [1.807, 2.05) is 0 Å². The zero-order valence-electron chi connectivity index (χ0n) is 10.2. The summed E-state index contributed by atoms with van der Waals surface area (Å²) in [6, 6.07) is 4.60. The second-order valence-corrected chi connectivity index (χ2v) is 7.49. The number of sulfonamides is 1. The average Bonchev–Trinajstić information content (AvgIpc) is 2.28. The van der Waals surface area contributed by atoms with Gasteiger partial charge in [-0.25, -0.2) is 13.1 Å². The molecule has 0 aliphatic rings. The fraction of sp³-hybridized carbons (Fsp3) is 0.455. The maximum Gasteiger partial charge on any atom is 0.242 e. The number of hydrogen-bond donors (Lipinski definition) is 1. The number of nitrogens with one attached hydrogen (secondary N) is 1. The van der Waals surface area contributed by atoms with E-state index in [1.165, 1.54) is 12.1 Å². The van der Waals surface area contributed by atoms with Crippen LogP contribution in [-0.2, 0) is 14.8 Å². The van der Waals surface area contributed by atoms with Crippen molar-refractivity contribution in [3.63, 3.8) is 0 Å². The van der Waals surface area contributed by atoms with Crippen LogP contribution in [0.2, 0.25) is 5.02 Å². The van der Waals surface area contributed by atoms with Crippen molar-refractivity contribution >= 4 is 49.2 Å². The molecule has 1 unspecified atom stereocenters. The van der Waals surface area contributed by atoms with Crippen LogP contribution in [0.3, 0.4) is 0 Å². The predicted octanol–water partition coefficient (Wildman–Crippen LogP) is 3.02. The fourth-order valence-electron chi connectivity index (χ4n) is 1.38. The maximum absolute atomic E-state index is 12.0. The minimum Gasteiger partial charge on any atom is -0.383 e. The van der Waals surface area contributed by atoms with E-state index in [1.54, 1.807) is 13.2 Å². The molecule has 0 amide bonds. The van der Waals surface area contributed by atoms with Crippen LogP contribution in [0.1, 0.15) is 6.42 Å². The highest BCUT2D eigenvalue weighted by molar-refractivity contribution is 9.10. The van der Waals surface area contributed by atoms with Gasteiger partial charge in [0.2, 0.25) is 10.0 Å². The summed E-state index contributed by atoms with van der Waals surface area (Å²) in [6.07, 6.45) is 0.475. The zero-order valence-corrected chi connectivity index (χ0v) is 14.1. The first-order valence-electron chi connectivity index (χ1n) is 5.44. The van der Waals surface area contributed by atoms with E-state index in [0.29, 0.717) is 13.0 Å². The van der Waals surface area contributed by atoms with Crippen LogP contribution in [0.4, 0.5) is 0 Å². The van der Waals surface area contributed by atoms with Crippen LogP contribution < -0.4 is 4.72 Å². The summed E-state index contributed by atoms with van der Waals surface area (Å²) in [6.45, 7) is 0.606. The highest BCUT2D eigenvalue weighted by Gasteiger charge is 2.18. The molecule has 0 fully saturated rings. The van der Waals surface area contributed by atoms with Crippen molar-refractivity contribution in [2.24, 2.45) is 0 Å². The number of alkyl halides is 1. The number of benzene rings is 1. The molecule has 0 bridgehead atoms. The van der Waals surface area contributed by atoms with Gasteiger partial charge in [-0.2, -0.15) is 0 Å². The molecule has 0 aromatic heterocycles. The second kappa shape index (κ2) is 7.81. The van der Waals surface area contributed by atoms with E-state index >= 15 is 0 Å². The maximum atomic E-state index is 12.0. The number of hydrogen-bond acceptors (Lipinski definition) is 3. The molecule has 0 heterocycles. The molecule has 19 heavy (non-hydrogen) atoms. The van der Waals surface area contributed by atoms with Gasteiger partial charge in [0.05, 0.1) is 17.0 Å². The van der Waals surface area contributed by atoms with E-state index < -0.39 is 10.0 Å². The Hall–Kier alpha value is 0.150. The first-order valence-corrected chi connectivity index (χ1v) is 8.53. The lowest BCUT2D eigenvalue weighted by Crippen LogP contribution is -2.27. The van der Waals surface area contributed by atoms with Gasteiger partial charge in [-0.05, 0) is 24.6 Å². The van der Waals surface area contributed by atoms with Gasteiger partial charge in [-0.1, -0.05) is 27.5 Å². The monoisotopic (exact) mass is 389 g/mol. The molecule has 108 valence electrons. The Bertz CT molecular complexity index is 525. The van der Waals surface area contributed by atoms with E-state index in [4.69, 9.17) is 27.9 Å². The third kappa shape index (κ3) is 5.57. The summed E-state index contributed by atoms with van der Waals surface area (Å²) >= 11 is 15.0. The van der Waals surface area contributed by atoms with Gasteiger partial charge in [-0.3, -0.25) is 0 Å². The largest absolute Gasteiger partial charge is 0.383 e. The summed E-state index contributed by atoms with van der Waals surface area (Å²) in [4.78, 5) is 0.0511. The molecule has 1 N–H and O–H groups in total. The molecule has 1 aromatic rings. The van der Waals surface area contributed by atoms with E-state index in [9.17, 15) is 8.42 Å². The standard InChI is InChI=1S/C11H14BrCl2NO3S/c1-18-7-9(13)4-5-15-19(16,17)11-3-2-8(12)6-10(11)14/h2-3,6,9,15H,4-5,7H2,1H3. The average molecular weight is 391 g/mol. The van der Waals surface area contributed by atoms with Gasteiger partial charge >= 0.3 is 0 Å².